The summed E-state index contributed by atoms with van der Waals surface area (Å²) < 4.78 is 5.61. The third kappa shape index (κ3) is 4.43. The molecule has 2 rings (SSSR count). The molecule has 0 bridgehead atoms. The van der Waals surface area contributed by atoms with E-state index in [1.165, 1.54) is 31.4 Å². The molecule has 0 heterocycles. The summed E-state index contributed by atoms with van der Waals surface area (Å²) in [7, 11) is 0. The Hall–Kier alpha value is -1.62. The van der Waals surface area contributed by atoms with Gasteiger partial charge in [-0.25, -0.2) is 0 Å². The van der Waals surface area contributed by atoms with E-state index in [2.05, 4.69) is 19.2 Å². The molecular formula is C16H24N2O3. The Balaban J connectivity index is 1.70. The summed E-state index contributed by atoms with van der Waals surface area (Å²) in [5.74, 6) is 2.16. The fourth-order valence-electron chi connectivity index (χ4n) is 2.95. The SMILES string of the molecule is CC1CCCC(NCCOc2ccc([N+](=O)[O-])cc2)C1C. The van der Waals surface area contributed by atoms with Gasteiger partial charge in [-0.1, -0.05) is 26.7 Å². The van der Waals surface area contributed by atoms with E-state index in [4.69, 9.17) is 4.74 Å². The monoisotopic (exact) mass is 292 g/mol. The molecule has 0 amide bonds. The van der Waals surface area contributed by atoms with Crippen LogP contribution in [0.4, 0.5) is 5.69 Å². The predicted molar refractivity (Wildman–Crippen MR) is 82.6 cm³/mol. The topological polar surface area (TPSA) is 64.4 Å². The van der Waals surface area contributed by atoms with Crippen LogP contribution in [0.1, 0.15) is 33.1 Å². The van der Waals surface area contributed by atoms with E-state index < -0.39 is 4.92 Å². The highest BCUT2D eigenvalue weighted by Crippen LogP contribution is 2.29. The van der Waals surface area contributed by atoms with E-state index in [0.717, 1.165) is 12.5 Å². The normalized spacial score (nSPS) is 25.5. The average molecular weight is 292 g/mol. The summed E-state index contributed by atoms with van der Waals surface area (Å²) in [5.41, 5.74) is 0.0884. The fraction of sp³-hybridized carbons (Fsp3) is 0.625. The molecule has 3 unspecified atom stereocenters. The first kappa shape index (κ1) is 15.8. The predicted octanol–water partition coefficient (Wildman–Crippen LogP) is 3.39. The van der Waals surface area contributed by atoms with Crippen molar-refractivity contribution in [3.05, 3.63) is 34.4 Å². The van der Waals surface area contributed by atoms with Crippen molar-refractivity contribution in [3.8, 4) is 5.75 Å². The molecule has 0 aliphatic heterocycles. The zero-order chi connectivity index (χ0) is 15.2. The van der Waals surface area contributed by atoms with Crippen LogP contribution in [0.15, 0.2) is 24.3 Å². The summed E-state index contributed by atoms with van der Waals surface area (Å²) in [5, 5.41) is 14.1. The van der Waals surface area contributed by atoms with Gasteiger partial charge in [0.15, 0.2) is 0 Å². The van der Waals surface area contributed by atoms with E-state index in [9.17, 15) is 10.1 Å². The van der Waals surface area contributed by atoms with Crippen LogP contribution in [0.2, 0.25) is 0 Å². The number of non-ortho nitro benzene ring substituents is 1. The van der Waals surface area contributed by atoms with Crippen molar-refractivity contribution in [2.75, 3.05) is 13.2 Å². The number of nitro benzene ring substituents is 1. The molecule has 116 valence electrons. The van der Waals surface area contributed by atoms with Crippen molar-refractivity contribution in [1.82, 2.24) is 5.32 Å². The lowest BCUT2D eigenvalue weighted by molar-refractivity contribution is -0.384. The summed E-state index contributed by atoms with van der Waals surface area (Å²) in [6.07, 6.45) is 3.87. The molecular weight excluding hydrogens is 268 g/mol. The number of ether oxygens (including phenoxy) is 1. The van der Waals surface area contributed by atoms with E-state index in [1.54, 1.807) is 12.1 Å². The van der Waals surface area contributed by atoms with Gasteiger partial charge in [0.05, 0.1) is 4.92 Å². The van der Waals surface area contributed by atoms with Crippen LogP contribution in [-0.2, 0) is 0 Å². The molecule has 3 atom stereocenters. The van der Waals surface area contributed by atoms with E-state index in [-0.39, 0.29) is 5.69 Å². The fourth-order valence-corrected chi connectivity index (χ4v) is 2.95. The molecule has 1 aliphatic rings. The van der Waals surface area contributed by atoms with Gasteiger partial charge in [-0.05, 0) is 30.4 Å². The Kier molecular flexibility index (Phi) is 5.56. The lowest BCUT2D eigenvalue weighted by Crippen LogP contribution is -2.42. The number of nitrogens with one attached hydrogen (secondary N) is 1. The summed E-state index contributed by atoms with van der Waals surface area (Å²) in [4.78, 5) is 10.2. The number of hydrogen-bond donors (Lipinski definition) is 1. The molecule has 5 heteroatoms. The van der Waals surface area contributed by atoms with Crippen LogP contribution < -0.4 is 10.1 Å². The lowest BCUT2D eigenvalue weighted by Gasteiger charge is -2.34. The minimum atomic E-state index is -0.406. The highest BCUT2D eigenvalue weighted by atomic mass is 16.6. The Morgan fingerprint density at radius 3 is 2.67 bits per heavy atom. The molecule has 0 aromatic heterocycles. The smallest absolute Gasteiger partial charge is 0.269 e. The number of nitro groups is 1. The Labute approximate surface area is 125 Å². The highest BCUT2D eigenvalue weighted by molar-refractivity contribution is 5.35. The molecule has 0 saturated heterocycles. The van der Waals surface area contributed by atoms with Gasteiger partial charge in [-0.3, -0.25) is 10.1 Å². The summed E-state index contributed by atoms with van der Waals surface area (Å²) >= 11 is 0. The zero-order valence-corrected chi connectivity index (χ0v) is 12.7. The largest absolute Gasteiger partial charge is 0.492 e. The Bertz CT molecular complexity index is 461. The van der Waals surface area contributed by atoms with Crippen molar-refractivity contribution >= 4 is 5.69 Å². The Morgan fingerprint density at radius 2 is 2.00 bits per heavy atom. The molecule has 1 saturated carbocycles. The number of benzene rings is 1. The van der Waals surface area contributed by atoms with E-state index >= 15 is 0 Å². The van der Waals surface area contributed by atoms with Crippen molar-refractivity contribution in [2.24, 2.45) is 11.8 Å². The second kappa shape index (κ2) is 7.41. The maximum absolute atomic E-state index is 10.6. The second-order valence-corrected chi connectivity index (χ2v) is 5.93. The standard InChI is InChI=1S/C16H24N2O3/c1-12-4-3-5-16(13(12)2)17-10-11-21-15-8-6-14(7-9-15)18(19)20/h6-9,12-13,16-17H,3-5,10-11H2,1-2H3. The minimum Gasteiger partial charge on any atom is -0.492 e. The van der Waals surface area contributed by atoms with Gasteiger partial charge in [-0.15, -0.1) is 0 Å². The van der Waals surface area contributed by atoms with Crippen LogP contribution in [0.25, 0.3) is 0 Å². The number of hydrogen-bond acceptors (Lipinski definition) is 4. The van der Waals surface area contributed by atoms with Crippen LogP contribution in [0.3, 0.4) is 0 Å². The third-order valence-electron chi connectivity index (χ3n) is 4.53. The zero-order valence-electron chi connectivity index (χ0n) is 12.7. The van der Waals surface area contributed by atoms with Gasteiger partial charge in [-0.2, -0.15) is 0 Å². The van der Waals surface area contributed by atoms with Crippen molar-refractivity contribution in [1.29, 1.82) is 0 Å². The molecule has 21 heavy (non-hydrogen) atoms. The molecule has 1 aliphatic carbocycles. The summed E-state index contributed by atoms with van der Waals surface area (Å²) in [6.45, 7) is 6.03. The quantitative estimate of drug-likeness (QED) is 0.496. The van der Waals surface area contributed by atoms with Crippen LogP contribution >= 0.6 is 0 Å². The van der Waals surface area contributed by atoms with E-state index in [1.807, 2.05) is 0 Å². The van der Waals surface area contributed by atoms with E-state index in [0.29, 0.717) is 24.3 Å². The third-order valence-corrected chi connectivity index (χ3v) is 4.53. The molecule has 1 aromatic rings. The van der Waals surface area contributed by atoms with Crippen LogP contribution in [-0.4, -0.2) is 24.1 Å². The van der Waals surface area contributed by atoms with Crippen molar-refractivity contribution < 1.29 is 9.66 Å². The number of rotatable bonds is 6. The van der Waals surface area contributed by atoms with Crippen LogP contribution in [0.5, 0.6) is 5.75 Å². The maximum Gasteiger partial charge on any atom is 0.269 e. The first-order valence-electron chi connectivity index (χ1n) is 7.68. The minimum absolute atomic E-state index is 0.0884. The van der Waals surface area contributed by atoms with Gasteiger partial charge < -0.3 is 10.1 Å². The molecule has 0 radical (unpaired) electrons. The van der Waals surface area contributed by atoms with Gasteiger partial charge in [0.1, 0.15) is 12.4 Å². The Morgan fingerprint density at radius 1 is 1.29 bits per heavy atom. The van der Waals surface area contributed by atoms with Gasteiger partial charge in [0.25, 0.3) is 5.69 Å². The molecule has 5 nitrogen and oxygen atoms in total. The van der Waals surface area contributed by atoms with Crippen molar-refractivity contribution in [2.45, 2.75) is 39.2 Å². The van der Waals surface area contributed by atoms with Crippen LogP contribution in [0, 0.1) is 22.0 Å². The summed E-state index contributed by atoms with van der Waals surface area (Å²) in [6, 6.07) is 6.79. The average Bonchev–Trinajstić information content (AvgIpc) is 2.48. The molecule has 0 spiro atoms. The van der Waals surface area contributed by atoms with Crippen molar-refractivity contribution in [3.63, 3.8) is 0 Å². The molecule has 1 fully saturated rings. The van der Waals surface area contributed by atoms with Gasteiger partial charge in [0.2, 0.25) is 0 Å². The molecule has 1 aromatic carbocycles. The maximum atomic E-state index is 10.6. The number of nitrogens with zero attached hydrogens (tertiary/aromatic N) is 1. The molecule has 1 N–H and O–H groups in total. The first-order chi connectivity index (χ1) is 10.1. The first-order valence-corrected chi connectivity index (χ1v) is 7.68. The second-order valence-electron chi connectivity index (χ2n) is 5.93. The lowest BCUT2D eigenvalue weighted by atomic mass is 9.78. The van der Waals surface area contributed by atoms with Gasteiger partial charge >= 0.3 is 0 Å². The highest BCUT2D eigenvalue weighted by Gasteiger charge is 2.26. The van der Waals surface area contributed by atoms with Gasteiger partial charge in [0, 0.05) is 24.7 Å².